The number of aromatic nitrogens is 3. The first-order chi connectivity index (χ1) is 28.7. The smallest absolute Gasteiger partial charge is 0.272 e. The molecule has 0 radical (unpaired) electrons. The lowest BCUT2D eigenvalue weighted by Crippen LogP contribution is -2.55. The predicted octanol–water partition coefficient (Wildman–Crippen LogP) is 4.73. The van der Waals surface area contributed by atoms with Crippen molar-refractivity contribution in [1.29, 1.82) is 0 Å². The highest BCUT2D eigenvalue weighted by Crippen LogP contribution is 2.24. The summed E-state index contributed by atoms with van der Waals surface area (Å²) in [7, 11) is 0. The Bertz CT molecular complexity index is 2360. The van der Waals surface area contributed by atoms with E-state index in [4.69, 9.17) is 0 Å². The number of hydrogen-bond acceptors (Lipinski definition) is 8. The van der Waals surface area contributed by atoms with Gasteiger partial charge in [0.05, 0.1) is 23.2 Å². The maximum atomic E-state index is 15.0. The van der Waals surface area contributed by atoms with Crippen LogP contribution in [-0.2, 0) is 17.6 Å². The van der Waals surface area contributed by atoms with Crippen LogP contribution >= 0.6 is 0 Å². The average molecular weight is 799 g/mol. The van der Waals surface area contributed by atoms with E-state index < -0.39 is 11.7 Å². The van der Waals surface area contributed by atoms with Gasteiger partial charge in [0.15, 0.2) is 0 Å². The minimum atomic E-state index is -0.597. The molecule has 3 amide bonds. The maximum absolute atomic E-state index is 15.0. The molecule has 306 valence electrons. The van der Waals surface area contributed by atoms with Crippen molar-refractivity contribution in [1.82, 2.24) is 39.7 Å². The Morgan fingerprint density at radius 2 is 1.42 bits per heavy atom. The molecule has 2 aromatic heterocycles. The number of rotatable bonds is 10. The maximum Gasteiger partial charge on any atom is 0.272 e. The average Bonchev–Trinajstić information content (AvgIpc) is 3.28. The molecule has 3 aliphatic rings. The highest BCUT2D eigenvalue weighted by atomic mass is 19.1. The fraction of sp³-hybridized carbons (Fsp3) is 0.391. The molecule has 0 atom stereocenters. The Morgan fingerprint density at radius 1 is 0.712 bits per heavy atom. The predicted molar refractivity (Wildman–Crippen MR) is 225 cm³/mol. The van der Waals surface area contributed by atoms with Crippen LogP contribution in [0.15, 0.2) is 89.9 Å². The van der Waals surface area contributed by atoms with Gasteiger partial charge in [0.2, 0.25) is 5.91 Å². The van der Waals surface area contributed by atoms with E-state index in [2.05, 4.69) is 56.2 Å². The van der Waals surface area contributed by atoms with Crippen molar-refractivity contribution < 1.29 is 18.8 Å². The van der Waals surface area contributed by atoms with Crippen LogP contribution < -0.4 is 5.56 Å². The number of likely N-dealkylation sites (tertiary alicyclic amines) is 1. The molecule has 0 unspecified atom stereocenters. The molecule has 1 N–H and O–H groups in total. The normalized spacial score (nSPS) is 17.1. The fourth-order valence-corrected chi connectivity index (χ4v) is 8.60. The van der Waals surface area contributed by atoms with E-state index in [-0.39, 0.29) is 22.9 Å². The molecule has 13 heteroatoms. The Labute approximate surface area is 343 Å². The van der Waals surface area contributed by atoms with Crippen LogP contribution in [0.1, 0.15) is 57.4 Å². The number of carbonyl (C=O) groups excluding carboxylic acids is 3. The highest BCUT2D eigenvalue weighted by Gasteiger charge is 2.30. The Morgan fingerprint density at radius 3 is 2.15 bits per heavy atom. The summed E-state index contributed by atoms with van der Waals surface area (Å²) >= 11 is 0. The van der Waals surface area contributed by atoms with Gasteiger partial charge < -0.3 is 19.6 Å². The topological polar surface area (TPSA) is 126 Å². The summed E-state index contributed by atoms with van der Waals surface area (Å²) in [5.41, 5.74) is 4.94. The van der Waals surface area contributed by atoms with Gasteiger partial charge in [-0.1, -0.05) is 61.5 Å². The molecule has 5 heterocycles. The summed E-state index contributed by atoms with van der Waals surface area (Å²) in [6, 6.07) is 23.9. The number of aromatic amines is 1. The van der Waals surface area contributed by atoms with Crippen molar-refractivity contribution in [3.05, 3.63) is 129 Å². The van der Waals surface area contributed by atoms with Crippen LogP contribution in [0.2, 0.25) is 0 Å². The first-order valence-corrected chi connectivity index (χ1v) is 20.8. The number of nitrogens with zero attached hydrogens (tertiary/aromatic N) is 7. The third kappa shape index (κ3) is 9.26. The standard InChI is InChI=1S/C46H51FN8O4/c1-2-32-6-5-7-35(26-32)36-11-13-41(48-29-36)46(59)54-16-14-33(15-17-54)30-51-18-20-52(21-19-51)31-43(56)53-22-24-55(25-23-53)45(58)39-27-34(10-12-40(39)47)28-42-37-8-3-4-9-38(37)44(57)50-49-42/h3-13,26-27,29,33H,2,14-25,28,30-31H2,1H3,(H,50,57). The second kappa shape index (κ2) is 18.0. The van der Waals surface area contributed by atoms with Crippen molar-refractivity contribution in [3.63, 3.8) is 0 Å². The van der Waals surface area contributed by atoms with Crippen LogP contribution in [0.25, 0.3) is 21.9 Å². The molecule has 59 heavy (non-hydrogen) atoms. The van der Waals surface area contributed by atoms with E-state index in [0.29, 0.717) is 72.8 Å². The Balaban J connectivity index is 0.751. The zero-order valence-electron chi connectivity index (χ0n) is 33.6. The van der Waals surface area contributed by atoms with E-state index in [1.165, 1.54) is 11.6 Å². The number of aryl methyl sites for hydroxylation is 1. The Kier molecular flexibility index (Phi) is 12.2. The van der Waals surface area contributed by atoms with Crippen LogP contribution in [0.3, 0.4) is 0 Å². The summed E-state index contributed by atoms with van der Waals surface area (Å²) in [5.74, 6) is -0.432. The number of H-pyrrole nitrogens is 1. The number of fused-ring (bicyclic) bond motifs is 1. The molecule has 0 aliphatic carbocycles. The Hall–Kier alpha value is -5.79. The third-order valence-electron chi connectivity index (χ3n) is 12.2. The third-order valence-corrected chi connectivity index (χ3v) is 12.2. The summed E-state index contributed by atoms with van der Waals surface area (Å²) in [4.78, 5) is 66.9. The zero-order valence-corrected chi connectivity index (χ0v) is 33.6. The van der Waals surface area contributed by atoms with Crippen molar-refractivity contribution in [2.24, 2.45) is 5.92 Å². The first kappa shape index (κ1) is 40.0. The molecule has 5 aromatic rings. The number of halogens is 1. The minimum absolute atomic E-state index is 0.00473. The quantitative estimate of drug-likeness (QED) is 0.215. The molecule has 0 spiro atoms. The van der Waals surface area contributed by atoms with Gasteiger partial charge in [-0.25, -0.2) is 9.49 Å². The lowest BCUT2D eigenvalue weighted by atomic mass is 9.95. The largest absolute Gasteiger partial charge is 0.338 e. The van der Waals surface area contributed by atoms with Gasteiger partial charge in [0.1, 0.15) is 11.5 Å². The van der Waals surface area contributed by atoms with Gasteiger partial charge in [0.25, 0.3) is 17.4 Å². The molecule has 3 aromatic carbocycles. The fourth-order valence-electron chi connectivity index (χ4n) is 8.60. The van der Waals surface area contributed by atoms with Crippen LogP contribution in [0.5, 0.6) is 0 Å². The highest BCUT2D eigenvalue weighted by molar-refractivity contribution is 5.95. The van der Waals surface area contributed by atoms with Crippen LogP contribution in [0.4, 0.5) is 4.39 Å². The van der Waals surface area contributed by atoms with Gasteiger partial charge in [0, 0.05) is 95.6 Å². The van der Waals surface area contributed by atoms with Gasteiger partial charge in [-0.15, -0.1) is 0 Å². The monoisotopic (exact) mass is 798 g/mol. The van der Waals surface area contributed by atoms with E-state index in [1.54, 1.807) is 40.3 Å². The second-order valence-corrected chi connectivity index (χ2v) is 16.0. The molecule has 3 aliphatic heterocycles. The number of benzene rings is 3. The summed E-state index contributed by atoms with van der Waals surface area (Å²) in [6.45, 7) is 9.80. The van der Waals surface area contributed by atoms with Crippen molar-refractivity contribution in [2.75, 3.05) is 78.5 Å². The summed E-state index contributed by atoms with van der Waals surface area (Å²) in [5, 5.41) is 7.99. The van der Waals surface area contributed by atoms with Crippen molar-refractivity contribution >= 4 is 28.5 Å². The van der Waals surface area contributed by atoms with Crippen LogP contribution in [0, 0.1) is 11.7 Å². The number of hydrogen-bond donors (Lipinski definition) is 1. The lowest BCUT2D eigenvalue weighted by molar-refractivity contribution is -0.134. The van der Waals surface area contributed by atoms with E-state index >= 15 is 4.39 Å². The van der Waals surface area contributed by atoms with Gasteiger partial charge in [-0.3, -0.25) is 29.1 Å². The molecule has 0 bridgehead atoms. The van der Waals surface area contributed by atoms with E-state index in [1.807, 2.05) is 29.2 Å². The zero-order chi connectivity index (χ0) is 40.9. The van der Waals surface area contributed by atoms with Crippen LogP contribution in [-0.4, -0.2) is 136 Å². The molecule has 3 fully saturated rings. The van der Waals surface area contributed by atoms with Crippen molar-refractivity contribution in [3.8, 4) is 11.1 Å². The van der Waals surface area contributed by atoms with Gasteiger partial charge in [-0.2, -0.15) is 5.10 Å². The van der Waals surface area contributed by atoms with E-state index in [9.17, 15) is 19.2 Å². The number of pyridine rings is 1. The minimum Gasteiger partial charge on any atom is -0.338 e. The molecule has 3 saturated heterocycles. The summed E-state index contributed by atoms with van der Waals surface area (Å²) in [6.07, 6.45) is 5.02. The number of nitrogens with one attached hydrogen (secondary N) is 1. The lowest BCUT2D eigenvalue weighted by Gasteiger charge is -2.40. The van der Waals surface area contributed by atoms with E-state index in [0.717, 1.165) is 76.2 Å². The molecule has 8 rings (SSSR count). The molecule has 12 nitrogen and oxygen atoms in total. The second-order valence-electron chi connectivity index (χ2n) is 16.0. The SMILES string of the molecule is CCc1cccc(-c2ccc(C(=O)N3CCC(CN4CCN(CC(=O)N5CCN(C(=O)c6cc(Cc7n[nH]c(=O)c8ccccc78)ccc6F)CC5)CC4)CC3)nc2)c1. The van der Waals surface area contributed by atoms with Gasteiger partial charge >= 0.3 is 0 Å². The molecule has 0 saturated carbocycles. The number of amides is 3. The molecular weight excluding hydrogens is 748 g/mol. The number of piperazine rings is 2. The number of carbonyl (C=O) groups is 3. The molecular formula is C46H51FN8O4. The first-order valence-electron chi connectivity index (χ1n) is 20.8. The van der Waals surface area contributed by atoms with Crippen molar-refractivity contribution in [2.45, 2.75) is 32.6 Å². The van der Waals surface area contributed by atoms with Gasteiger partial charge in [-0.05, 0) is 66.1 Å². The summed E-state index contributed by atoms with van der Waals surface area (Å²) < 4.78 is 15.0. The number of piperidine rings is 1.